The average Bonchev–Trinajstić information content (AvgIpc) is 2.61. The van der Waals surface area contributed by atoms with E-state index in [4.69, 9.17) is 5.26 Å². The van der Waals surface area contributed by atoms with Crippen LogP contribution >= 0.6 is 0 Å². The van der Waals surface area contributed by atoms with Gasteiger partial charge in [-0.1, -0.05) is 13.8 Å². The van der Waals surface area contributed by atoms with Crippen molar-refractivity contribution in [3.8, 4) is 6.07 Å². The molecule has 76 valence electrons. The molecule has 0 aliphatic heterocycles. The molecule has 0 spiro atoms. The van der Waals surface area contributed by atoms with Gasteiger partial charge in [0.25, 0.3) is 0 Å². The lowest BCUT2D eigenvalue weighted by Gasteiger charge is -2.00. The van der Waals surface area contributed by atoms with Gasteiger partial charge in [-0.3, -0.25) is 0 Å². The van der Waals surface area contributed by atoms with Gasteiger partial charge in [0.2, 0.25) is 0 Å². The van der Waals surface area contributed by atoms with Gasteiger partial charge < -0.3 is 0 Å². The minimum atomic E-state index is 0.588. The molecule has 0 aliphatic rings. The summed E-state index contributed by atoms with van der Waals surface area (Å²) in [5, 5.41) is 12.8. The van der Waals surface area contributed by atoms with Crippen molar-refractivity contribution < 1.29 is 0 Å². The summed E-state index contributed by atoms with van der Waals surface area (Å²) in [4.78, 5) is 4.39. The van der Waals surface area contributed by atoms with Crippen molar-refractivity contribution in [1.29, 1.82) is 5.26 Å². The first-order valence-electron chi connectivity index (χ1n) is 5.11. The largest absolute Gasteiger partial charge is 0.250 e. The zero-order valence-electron chi connectivity index (χ0n) is 8.82. The summed E-state index contributed by atoms with van der Waals surface area (Å²) in [5.41, 5.74) is 0. The molecule has 0 N–H and O–H groups in total. The van der Waals surface area contributed by atoms with Gasteiger partial charge in [-0.05, 0) is 6.42 Å². The summed E-state index contributed by atoms with van der Waals surface area (Å²) in [7, 11) is 0. The number of hydrogen-bond donors (Lipinski definition) is 0. The first kappa shape index (κ1) is 10.7. The van der Waals surface area contributed by atoms with Gasteiger partial charge in [0.1, 0.15) is 5.82 Å². The molecule has 4 heteroatoms. The Morgan fingerprint density at radius 3 is 2.71 bits per heavy atom. The number of hydrogen-bond acceptors (Lipinski definition) is 3. The SMILES string of the molecule is CCc1nc(CC)n(CCCC#N)n1. The van der Waals surface area contributed by atoms with E-state index >= 15 is 0 Å². The van der Waals surface area contributed by atoms with Crippen LogP contribution in [0.15, 0.2) is 0 Å². The van der Waals surface area contributed by atoms with Crippen molar-refractivity contribution >= 4 is 0 Å². The summed E-state index contributed by atoms with van der Waals surface area (Å²) in [6.07, 6.45) is 3.22. The Kier molecular flexibility index (Phi) is 4.11. The first-order valence-corrected chi connectivity index (χ1v) is 5.11. The van der Waals surface area contributed by atoms with E-state index in [0.717, 1.165) is 37.5 Å². The molecule has 1 rings (SSSR count). The highest BCUT2D eigenvalue weighted by Gasteiger charge is 2.05. The van der Waals surface area contributed by atoms with Gasteiger partial charge in [0.15, 0.2) is 5.82 Å². The van der Waals surface area contributed by atoms with Gasteiger partial charge in [-0.15, -0.1) is 0 Å². The van der Waals surface area contributed by atoms with Crippen LogP contribution in [0.25, 0.3) is 0 Å². The molecule has 0 radical (unpaired) electrons. The first-order chi connectivity index (χ1) is 6.81. The average molecular weight is 192 g/mol. The van der Waals surface area contributed by atoms with E-state index in [1.807, 2.05) is 11.6 Å². The Labute approximate surface area is 84.6 Å². The minimum absolute atomic E-state index is 0.588. The van der Waals surface area contributed by atoms with E-state index in [1.54, 1.807) is 0 Å². The molecule has 0 amide bonds. The summed E-state index contributed by atoms with van der Waals surface area (Å²) in [5.74, 6) is 1.93. The molecule has 1 heterocycles. The Morgan fingerprint density at radius 1 is 1.36 bits per heavy atom. The topological polar surface area (TPSA) is 54.5 Å². The summed E-state index contributed by atoms with van der Waals surface area (Å²) < 4.78 is 1.93. The number of unbranched alkanes of at least 4 members (excludes halogenated alkanes) is 1. The zero-order chi connectivity index (χ0) is 10.4. The Morgan fingerprint density at radius 2 is 2.14 bits per heavy atom. The maximum absolute atomic E-state index is 8.43. The third-order valence-corrected chi connectivity index (χ3v) is 2.08. The van der Waals surface area contributed by atoms with Crippen LogP contribution in [-0.4, -0.2) is 14.8 Å². The van der Waals surface area contributed by atoms with Crippen molar-refractivity contribution in [3.63, 3.8) is 0 Å². The van der Waals surface area contributed by atoms with Gasteiger partial charge in [-0.2, -0.15) is 10.4 Å². The predicted octanol–water partition coefficient (Wildman–Crippen LogP) is 1.71. The van der Waals surface area contributed by atoms with E-state index in [2.05, 4.69) is 23.1 Å². The second-order valence-electron chi connectivity index (χ2n) is 3.14. The molecule has 0 bridgehead atoms. The molecule has 0 aromatic carbocycles. The van der Waals surface area contributed by atoms with Crippen LogP contribution in [0.5, 0.6) is 0 Å². The van der Waals surface area contributed by atoms with Gasteiger partial charge in [0.05, 0.1) is 6.07 Å². The fourth-order valence-electron chi connectivity index (χ4n) is 1.32. The van der Waals surface area contributed by atoms with Gasteiger partial charge >= 0.3 is 0 Å². The number of nitrogens with zero attached hydrogens (tertiary/aromatic N) is 4. The molecule has 0 saturated heterocycles. The summed E-state index contributed by atoms with van der Waals surface area (Å²) in [6.45, 7) is 4.93. The monoisotopic (exact) mass is 192 g/mol. The standard InChI is InChI=1S/C10H16N4/c1-3-9-12-10(4-2)14(13-9)8-6-5-7-11/h3-6,8H2,1-2H3. The van der Waals surface area contributed by atoms with Crippen LogP contribution in [0.2, 0.25) is 0 Å². The van der Waals surface area contributed by atoms with Crippen molar-refractivity contribution in [2.45, 2.75) is 46.1 Å². The van der Waals surface area contributed by atoms with Crippen LogP contribution in [-0.2, 0) is 19.4 Å². The molecular formula is C10H16N4. The maximum atomic E-state index is 8.43. The quantitative estimate of drug-likeness (QED) is 0.667. The zero-order valence-corrected chi connectivity index (χ0v) is 8.82. The van der Waals surface area contributed by atoms with E-state index < -0.39 is 0 Å². The molecule has 0 saturated carbocycles. The molecule has 14 heavy (non-hydrogen) atoms. The molecular weight excluding hydrogens is 176 g/mol. The van der Waals surface area contributed by atoms with Crippen LogP contribution in [0.1, 0.15) is 38.3 Å². The van der Waals surface area contributed by atoms with Crippen LogP contribution in [0.3, 0.4) is 0 Å². The second-order valence-corrected chi connectivity index (χ2v) is 3.14. The smallest absolute Gasteiger partial charge is 0.150 e. The van der Waals surface area contributed by atoms with E-state index in [0.29, 0.717) is 6.42 Å². The van der Waals surface area contributed by atoms with Crippen LogP contribution < -0.4 is 0 Å². The Hall–Kier alpha value is -1.37. The Bertz CT molecular complexity index is 321. The molecule has 0 fully saturated rings. The third-order valence-electron chi connectivity index (χ3n) is 2.08. The summed E-state index contributed by atoms with van der Waals surface area (Å²) >= 11 is 0. The summed E-state index contributed by atoms with van der Waals surface area (Å²) in [6, 6.07) is 2.13. The third kappa shape index (κ3) is 2.56. The van der Waals surface area contributed by atoms with E-state index in [-0.39, 0.29) is 0 Å². The lowest BCUT2D eigenvalue weighted by atomic mass is 10.3. The fourth-order valence-corrected chi connectivity index (χ4v) is 1.32. The molecule has 0 aliphatic carbocycles. The van der Waals surface area contributed by atoms with Crippen molar-refractivity contribution in [3.05, 3.63) is 11.6 Å². The maximum Gasteiger partial charge on any atom is 0.150 e. The molecule has 1 aromatic rings. The van der Waals surface area contributed by atoms with Crippen LogP contribution in [0.4, 0.5) is 0 Å². The lowest BCUT2D eigenvalue weighted by molar-refractivity contribution is 0.555. The number of aromatic nitrogens is 3. The normalized spacial score (nSPS) is 10.1. The fraction of sp³-hybridized carbons (Fsp3) is 0.700. The number of nitriles is 1. The highest BCUT2D eigenvalue weighted by Crippen LogP contribution is 2.02. The van der Waals surface area contributed by atoms with Crippen molar-refractivity contribution in [1.82, 2.24) is 14.8 Å². The lowest BCUT2D eigenvalue weighted by Crippen LogP contribution is -2.04. The van der Waals surface area contributed by atoms with Gasteiger partial charge in [-0.25, -0.2) is 9.67 Å². The highest BCUT2D eigenvalue weighted by atomic mass is 15.3. The van der Waals surface area contributed by atoms with E-state index in [9.17, 15) is 0 Å². The number of rotatable bonds is 5. The molecule has 1 aromatic heterocycles. The van der Waals surface area contributed by atoms with Crippen molar-refractivity contribution in [2.75, 3.05) is 0 Å². The van der Waals surface area contributed by atoms with Crippen LogP contribution in [0, 0.1) is 11.3 Å². The minimum Gasteiger partial charge on any atom is -0.250 e. The predicted molar refractivity (Wildman–Crippen MR) is 53.6 cm³/mol. The second kappa shape index (κ2) is 5.38. The molecule has 0 atom stereocenters. The van der Waals surface area contributed by atoms with E-state index in [1.165, 1.54) is 0 Å². The Balaban J connectivity index is 2.64. The highest BCUT2D eigenvalue weighted by molar-refractivity contribution is 4.92. The van der Waals surface area contributed by atoms with Crippen molar-refractivity contribution in [2.24, 2.45) is 0 Å². The molecule has 4 nitrogen and oxygen atoms in total. The number of aryl methyl sites for hydroxylation is 3. The van der Waals surface area contributed by atoms with Gasteiger partial charge in [0, 0.05) is 25.8 Å². The molecule has 0 unspecified atom stereocenters.